The summed E-state index contributed by atoms with van der Waals surface area (Å²) in [5.41, 5.74) is 0.298. The van der Waals surface area contributed by atoms with Gasteiger partial charge in [-0.15, -0.1) is 5.10 Å². The number of unbranched alkanes of at least 4 members (excludes halogenated alkanes) is 4. The number of esters is 1. The molecule has 0 saturated heterocycles. The molecule has 1 aromatic heterocycles. The van der Waals surface area contributed by atoms with Gasteiger partial charge in [-0.1, -0.05) is 51.7 Å². The molecule has 0 amide bonds. The second-order valence-electron chi connectivity index (χ2n) is 8.41. The van der Waals surface area contributed by atoms with Crippen molar-refractivity contribution in [2.75, 3.05) is 18.5 Å². The quantitative estimate of drug-likeness (QED) is 0.312. The average Bonchev–Trinajstić information content (AvgIpc) is 2.83. The van der Waals surface area contributed by atoms with Crippen LogP contribution in [0.25, 0.3) is 0 Å². The Morgan fingerprint density at radius 2 is 1.79 bits per heavy atom. The smallest absolute Gasteiger partial charge is 0.347 e. The Bertz CT molecular complexity index is 1010. The summed E-state index contributed by atoms with van der Waals surface area (Å²) in [6.07, 6.45) is 5.99. The van der Waals surface area contributed by atoms with Crippen molar-refractivity contribution in [2.24, 2.45) is 7.05 Å². The van der Waals surface area contributed by atoms with Crippen LogP contribution in [0.2, 0.25) is 0 Å². The van der Waals surface area contributed by atoms with E-state index in [9.17, 15) is 14.4 Å². The van der Waals surface area contributed by atoms with E-state index in [1.807, 2.05) is 31.2 Å². The zero-order valence-corrected chi connectivity index (χ0v) is 20.8. The molecule has 9 nitrogen and oxygen atoms in total. The fraction of sp³-hybridized carbons (Fsp3) is 0.600. The molecular weight excluding hydrogens is 436 g/mol. The highest BCUT2D eigenvalue weighted by Crippen LogP contribution is 2.14. The van der Waals surface area contributed by atoms with Crippen LogP contribution in [0.3, 0.4) is 0 Å². The highest BCUT2D eigenvalue weighted by molar-refractivity contribution is 5.68. The maximum Gasteiger partial charge on any atom is 0.347 e. The second kappa shape index (κ2) is 14.2. The first-order valence-electron chi connectivity index (χ1n) is 12.2. The van der Waals surface area contributed by atoms with Crippen molar-refractivity contribution in [2.45, 2.75) is 78.4 Å². The number of nitrogens with zero attached hydrogens (tertiary/aromatic N) is 3. The topological polar surface area (TPSA) is 104 Å². The minimum Gasteiger partial charge on any atom is -0.487 e. The van der Waals surface area contributed by atoms with E-state index in [0.717, 1.165) is 37.7 Å². The van der Waals surface area contributed by atoms with Crippen molar-refractivity contribution in [1.82, 2.24) is 14.3 Å². The van der Waals surface area contributed by atoms with Gasteiger partial charge in [0.05, 0.1) is 0 Å². The van der Waals surface area contributed by atoms with Gasteiger partial charge in [0.2, 0.25) is 5.82 Å². The van der Waals surface area contributed by atoms with Gasteiger partial charge in [-0.3, -0.25) is 14.2 Å². The van der Waals surface area contributed by atoms with Gasteiger partial charge in [-0.05, 0) is 37.5 Å². The number of nitrogens with one attached hydrogen (secondary N) is 1. The predicted octanol–water partition coefficient (Wildman–Crippen LogP) is 3.29. The molecule has 9 heteroatoms. The molecule has 2 rings (SSSR count). The lowest BCUT2D eigenvalue weighted by Gasteiger charge is -2.15. The molecule has 2 aromatic rings. The summed E-state index contributed by atoms with van der Waals surface area (Å²) < 4.78 is 13.3. The van der Waals surface area contributed by atoms with Gasteiger partial charge < -0.3 is 14.8 Å². The maximum atomic E-state index is 12.7. The monoisotopic (exact) mass is 474 g/mol. The molecule has 188 valence electrons. The Hall–Kier alpha value is -3.10. The van der Waals surface area contributed by atoms with E-state index >= 15 is 0 Å². The molecule has 0 fully saturated rings. The van der Waals surface area contributed by atoms with Gasteiger partial charge in [0.25, 0.3) is 5.56 Å². The van der Waals surface area contributed by atoms with E-state index in [2.05, 4.69) is 17.3 Å². The first kappa shape index (κ1) is 27.1. The van der Waals surface area contributed by atoms with Crippen LogP contribution in [0.5, 0.6) is 5.75 Å². The highest BCUT2D eigenvalue weighted by Gasteiger charge is 2.11. The molecule has 0 radical (unpaired) electrons. The molecule has 0 bridgehead atoms. The van der Waals surface area contributed by atoms with E-state index < -0.39 is 0 Å². The molecule has 1 unspecified atom stereocenters. The van der Waals surface area contributed by atoms with Crippen molar-refractivity contribution in [3.63, 3.8) is 0 Å². The number of ether oxygens (including phenoxy) is 2. The third-order valence-electron chi connectivity index (χ3n) is 5.43. The molecule has 1 atom stereocenters. The van der Waals surface area contributed by atoms with Crippen molar-refractivity contribution in [3.8, 4) is 5.75 Å². The van der Waals surface area contributed by atoms with E-state index in [0.29, 0.717) is 31.7 Å². The number of aryl methyl sites for hydroxylation is 1. The first-order valence-corrected chi connectivity index (χ1v) is 12.2. The summed E-state index contributed by atoms with van der Waals surface area (Å²) in [4.78, 5) is 36.3. The molecule has 1 N–H and O–H groups in total. The van der Waals surface area contributed by atoms with Crippen LogP contribution < -0.4 is 21.3 Å². The molecular formula is C25H38N4O5. The van der Waals surface area contributed by atoms with Gasteiger partial charge in [-0.2, -0.15) is 0 Å². The molecule has 34 heavy (non-hydrogen) atoms. The van der Waals surface area contributed by atoms with Crippen molar-refractivity contribution in [3.05, 3.63) is 50.7 Å². The van der Waals surface area contributed by atoms with Crippen LogP contribution in [-0.2, 0) is 29.5 Å². The summed E-state index contributed by atoms with van der Waals surface area (Å²) in [6, 6.07) is 7.63. The predicted molar refractivity (Wildman–Crippen MR) is 132 cm³/mol. The minimum atomic E-state index is -0.389. The zero-order valence-electron chi connectivity index (χ0n) is 20.8. The number of benzene rings is 1. The molecule has 0 aliphatic carbocycles. The number of aromatic nitrogens is 3. The highest BCUT2D eigenvalue weighted by atomic mass is 16.6. The van der Waals surface area contributed by atoms with E-state index in [4.69, 9.17) is 9.47 Å². The number of carbonyl (C=O) groups excluding carboxylic acids is 1. The van der Waals surface area contributed by atoms with Crippen LogP contribution in [0.1, 0.15) is 64.9 Å². The van der Waals surface area contributed by atoms with Crippen molar-refractivity contribution in [1.29, 1.82) is 0 Å². The number of hydrogen-bond donors (Lipinski definition) is 1. The summed E-state index contributed by atoms with van der Waals surface area (Å²) in [5, 5.41) is 7.18. The molecule has 1 aromatic carbocycles. The number of rotatable bonds is 15. The Morgan fingerprint density at radius 3 is 2.47 bits per heavy atom. The van der Waals surface area contributed by atoms with Crippen LogP contribution >= 0.6 is 0 Å². The Morgan fingerprint density at radius 1 is 1.09 bits per heavy atom. The Balaban J connectivity index is 1.88. The fourth-order valence-electron chi connectivity index (χ4n) is 3.45. The van der Waals surface area contributed by atoms with Gasteiger partial charge in [0.15, 0.2) is 0 Å². The van der Waals surface area contributed by atoms with Crippen molar-refractivity contribution < 1.29 is 14.3 Å². The number of anilines is 1. The van der Waals surface area contributed by atoms with Gasteiger partial charge in [0.1, 0.15) is 18.5 Å². The SMILES string of the molecule is CCCCCCCn1c(=O)c(NCCc2ccc(OC(C)COC(=O)CC)cc2)nn(C)c1=O. The molecule has 0 aliphatic rings. The largest absolute Gasteiger partial charge is 0.487 e. The van der Waals surface area contributed by atoms with Crippen LogP contribution in [0.15, 0.2) is 33.9 Å². The lowest BCUT2D eigenvalue weighted by molar-refractivity contribution is -0.145. The number of carbonyl (C=O) groups is 1. The maximum absolute atomic E-state index is 12.7. The summed E-state index contributed by atoms with van der Waals surface area (Å²) in [6.45, 7) is 6.87. The van der Waals surface area contributed by atoms with Gasteiger partial charge in [0, 0.05) is 26.6 Å². The van der Waals surface area contributed by atoms with E-state index in [1.165, 1.54) is 9.25 Å². The normalized spacial score (nSPS) is 11.8. The lowest BCUT2D eigenvalue weighted by atomic mass is 10.1. The van der Waals surface area contributed by atoms with E-state index in [1.54, 1.807) is 14.0 Å². The lowest BCUT2D eigenvalue weighted by Crippen LogP contribution is -2.42. The fourth-order valence-corrected chi connectivity index (χ4v) is 3.45. The van der Waals surface area contributed by atoms with Crippen LogP contribution in [-0.4, -0.2) is 39.6 Å². The number of hydrogen-bond acceptors (Lipinski definition) is 7. The van der Waals surface area contributed by atoms with Crippen LogP contribution in [0, 0.1) is 0 Å². The molecule has 0 aliphatic heterocycles. The Kier molecular flexibility index (Phi) is 11.4. The average molecular weight is 475 g/mol. The van der Waals surface area contributed by atoms with E-state index in [-0.39, 0.29) is 35.7 Å². The molecule has 1 heterocycles. The van der Waals surface area contributed by atoms with Gasteiger partial charge in [-0.25, -0.2) is 9.48 Å². The Labute approximate surface area is 201 Å². The third kappa shape index (κ3) is 8.68. The summed E-state index contributed by atoms with van der Waals surface area (Å²) in [7, 11) is 1.56. The third-order valence-corrected chi connectivity index (χ3v) is 5.43. The molecule has 0 saturated carbocycles. The first-order chi connectivity index (χ1) is 16.3. The minimum absolute atomic E-state index is 0.186. The summed E-state index contributed by atoms with van der Waals surface area (Å²) >= 11 is 0. The van der Waals surface area contributed by atoms with Crippen LogP contribution in [0.4, 0.5) is 5.82 Å². The molecule has 0 spiro atoms. The van der Waals surface area contributed by atoms with Crippen molar-refractivity contribution >= 4 is 11.8 Å². The second-order valence-corrected chi connectivity index (χ2v) is 8.41. The summed E-state index contributed by atoms with van der Waals surface area (Å²) in [5.74, 6) is 0.634. The zero-order chi connectivity index (χ0) is 24.9. The standard InChI is InChI=1S/C25H38N4O5/c1-5-7-8-9-10-17-29-24(31)23(27-28(4)25(29)32)26-16-15-20-11-13-21(14-12-20)34-19(3)18-33-22(30)6-2/h11-14,19H,5-10,15-18H2,1-4H3,(H,26,27). The van der Waals surface area contributed by atoms with Gasteiger partial charge >= 0.3 is 11.7 Å².